The van der Waals surface area contributed by atoms with Gasteiger partial charge in [-0.2, -0.15) is 0 Å². The zero-order valence-corrected chi connectivity index (χ0v) is 17.7. The van der Waals surface area contributed by atoms with E-state index >= 15 is 0 Å². The van der Waals surface area contributed by atoms with Crippen molar-refractivity contribution < 1.29 is 18.8 Å². The first-order valence-electron chi connectivity index (χ1n) is 10.3. The first kappa shape index (κ1) is 20.7. The predicted octanol–water partition coefficient (Wildman–Crippen LogP) is 3.19. The summed E-state index contributed by atoms with van der Waals surface area (Å²) >= 11 is 0. The highest BCUT2D eigenvalue weighted by Crippen LogP contribution is 2.25. The Kier molecular flexibility index (Phi) is 6.02. The number of carbonyl (C=O) groups excluding carboxylic acids is 2. The van der Waals surface area contributed by atoms with Gasteiger partial charge in [0.25, 0.3) is 5.91 Å². The number of ether oxygens (including phenoxy) is 1. The Morgan fingerprint density at radius 2 is 1.94 bits per heavy atom. The fourth-order valence-electron chi connectivity index (χ4n) is 3.65. The second kappa shape index (κ2) is 9.04. The van der Waals surface area contributed by atoms with Crippen LogP contribution in [0.4, 0.5) is 0 Å². The van der Waals surface area contributed by atoms with Crippen molar-refractivity contribution >= 4 is 11.8 Å². The number of benzene rings is 2. The molecule has 0 saturated heterocycles. The van der Waals surface area contributed by atoms with Crippen LogP contribution >= 0.6 is 0 Å². The number of amides is 2. The summed E-state index contributed by atoms with van der Waals surface area (Å²) in [6.07, 6.45) is 0.230. The first-order valence-corrected chi connectivity index (χ1v) is 10.3. The summed E-state index contributed by atoms with van der Waals surface area (Å²) in [4.78, 5) is 27.3. The van der Waals surface area contributed by atoms with Gasteiger partial charge in [-0.3, -0.25) is 9.59 Å². The standard InChI is InChI=1S/C24H25N3O4/c1-16-21(17(2)31-26-16)13-23(28)27-10-11-30-22-9-8-19(12-20(22)15-27)24(29)25-14-18-6-4-3-5-7-18/h3-9,12H,10-11,13-15H2,1-2H3,(H,25,29). The van der Waals surface area contributed by atoms with Gasteiger partial charge in [0.1, 0.15) is 18.1 Å². The fraction of sp³-hybridized carbons (Fsp3) is 0.292. The molecule has 1 aliphatic rings. The topological polar surface area (TPSA) is 84.7 Å². The molecule has 1 aromatic heterocycles. The van der Waals surface area contributed by atoms with Crippen LogP contribution in [-0.4, -0.2) is 35.0 Å². The Morgan fingerprint density at radius 3 is 2.68 bits per heavy atom. The molecule has 0 atom stereocenters. The van der Waals surface area contributed by atoms with E-state index in [1.807, 2.05) is 44.2 Å². The summed E-state index contributed by atoms with van der Waals surface area (Å²) in [6.45, 7) is 5.36. The van der Waals surface area contributed by atoms with Crippen LogP contribution in [0, 0.1) is 13.8 Å². The quantitative estimate of drug-likeness (QED) is 0.687. The van der Waals surface area contributed by atoms with E-state index < -0.39 is 0 Å². The summed E-state index contributed by atoms with van der Waals surface area (Å²) in [6, 6.07) is 15.1. The Hall–Kier alpha value is -3.61. The van der Waals surface area contributed by atoms with E-state index in [4.69, 9.17) is 9.26 Å². The second-order valence-corrected chi connectivity index (χ2v) is 7.63. The van der Waals surface area contributed by atoms with Gasteiger partial charge >= 0.3 is 0 Å². The number of hydrogen-bond acceptors (Lipinski definition) is 5. The number of nitrogens with zero attached hydrogens (tertiary/aromatic N) is 2. The SMILES string of the molecule is Cc1noc(C)c1CC(=O)N1CCOc2ccc(C(=O)NCc3ccccc3)cc2C1. The number of hydrogen-bond donors (Lipinski definition) is 1. The van der Waals surface area contributed by atoms with Gasteiger partial charge in [-0.1, -0.05) is 35.5 Å². The van der Waals surface area contributed by atoms with Crippen molar-refractivity contribution in [2.24, 2.45) is 0 Å². The Bertz CT molecular complexity index is 1070. The van der Waals surface area contributed by atoms with Crippen LogP contribution in [0.25, 0.3) is 0 Å². The Labute approximate surface area is 181 Å². The molecule has 1 N–H and O–H groups in total. The third kappa shape index (κ3) is 4.77. The number of aromatic nitrogens is 1. The van der Waals surface area contributed by atoms with Crippen LogP contribution in [0.5, 0.6) is 5.75 Å². The molecule has 160 valence electrons. The van der Waals surface area contributed by atoms with E-state index in [-0.39, 0.29) is 18.2 Å². The molecule has 0 bridgehead atoms. The van der Waals surface area contributed by atoms with Gasteiger partial charge in [0.05, 0.1) is 18.7 Å². The molecule has 0 fully saturated rings. The number of rotatable bonds is 5. The molecule has 4 rings (SSSR count). The minimum absolute atomic E-state index is 0.0233. The predicted molar refractivity (Wildman–Crippen MR) is 115 cm³/mol. The van der Waals surface area contributed by atoms with Crippen LogP contribution in [0.15, 0.2) is 53.1 Å². The third-order valence-corrected chi connectivity index (χ3v) is 5.46. The molecular weight excluding hydrogens is 394 g/mol. The van der Waals surface area contributed by atoms with Gasteiger partial charge in [-0.25, -0.2) is 0 Å². The second-order valence-electron chi connectivity index (χ2n) is 7.63. The average molecular weight is 419 g/mol. The minimum atomic E-state index is -0.163. The highest BCUT2D eigenvalue weighted by molar-refractivity contribution is 5.94. The monoisotopic (exact) mass is 419 g/mol. The molecule has 7 heteroatoms. The van der Waals surface area contributed by atoms with Crippen LogP contribution < -0.4 is 10.1 Å². The lowest BCUT2D eigenvalue weighted by atomic mass is 10.1. The van der Waals surface area contributed by atoms with E-state index in [1.165, 1.54) is 0 Å². The maximum absolute atomic E-state index is 12.9. The van der Waals surface area contributed by atoms with Gasteiger partial charge in [0.2, 0.25) is 5.91 Å². The largest absolute Gasteiger partial charge is 0.491 e. The van der Waals surface area contributed by atoms with Crippen molar-refractivity contribution in [3.63, 3.8) is 0 Å². The highest BCUT2D eigenvalue weighted by Gasteiger charge is 2.23. The van der Waals surface area contributed by atoms with Crippen LogP contribution in [0.3, 0.4) is 0 Å². The van der Waals surface area contributed by atoms with Crippen LogP contribution in [-0.2, 0) is 24.3 Å². The number of nitrogens with one attached hydrogen (secondary N) is 1. The maximum atomic E-state index is 12.9. The molecule has 0 saturated carbocycles. The Balaban J connectivity index is 1.46. The molecule has 0 unspecified atom stereocenters. The number of carbonyl (C=O) groups is 2. The fourth-order valence-corrected chi connectivity index (χ4v) is 3.65. The molecule has 2 heterocycles. The van der Waals surface area contributed by atoms with Crippen molar-refractivity contribution in [2.75, 3.05) is 13.2 Å². The number of fused-ring (bicyclic) bond motifs is 1. The zero-order chi connectivity index (χ0) is 21.8. The molecule has 1 aliphatic heterocycles. The lowest BCUT2D eigenvalue weighted by molar-refractivity contribution is -0.131. The third-order valence-electron chi connectivity index (χ3n) is 5.46. The van der Waals surface area contributed by atoms with E-state index in [0.717, 1.165) is 22.4 Å². The van der Waals surface area contributed by atoms with E-state index in [1.54, 1.807) is 23.1 Å². The maximum Gasteiger partial charge on any atom is 0.251 e. The van der Waals surface area contributed by atoms with Crippen molar-refractivity contribution in [3.05, 3.63) is 82.2 Å². The van der Waals surface area contributed by atoms with E-state index in [0.29, 0.717) is 43.3 Å². The highest BCUT2D eigenvalue weighted by atomic mass is 16.5. The van der Waals surface area contributed by atoms with Crippen molar-refractivity contribution in [1.82, 2.24) is 15.4 Å². The first-order chi connectivity index (χ1) is 15.0. The summed E-state index contributed by atoms with van der Waals surface area (Å²) in [5, 5.41) is 6.86. The molecule has 0 spiro atoms. The van der Waals surface area contributed by atoms with Crippen LogP contribution in [0.2, 0.25) is 0 Å². The van der Waals surface area contributed by atoms with Gasteiger partial charge in [0.15, 0.2) is 0 Å². The molecule has 2 aromatic carbocycles. The van der Waals surface area contributed by atoms with Gasteiger partial charge in [-0.05, 0) is 37.6 Å². The van der Waals surface area contributed by atoms with E-state index in [9.17, 15) is 9.59 Å². The molecule has 3 aromatic rings. The molecule has 0 radical (unpaired) electrons. The summed E-state index contributed by atoms with van der Waals surface area (Å²) in [7, 11) is 0. The normalized spacial score (nSPS) is 13.2. The molecule has 0 aliphatic carbocycles. The van der Waals surface area contributed by atoms with E-state index in [2.05, 4.69) is 10.5 Å². The van der Waals surface area contributed by atoms with Crippen molar-refractivity contribution in [1.29, 1.82) is 0 Å². The lowest BCUT2D eigenvalue weighted by Gasteiger charge is -2.20. The molecule has 7 nitrogen and oxygen atoms in total. The number of aryl methyl sites for hydroxylation is 2. The van der Waals surface area contributed by atoms with Crippen molar-refractivity contribution in [2.45, 2.75) is 33.4 Å². The average Bonchev–Trinajstić information content (AvgIpc) is 2.98. The smallest absolute Gasteiger partial charge is 0.251 e. The summed E-state index contributed by atoms with van der Waals surface area (Å²) in [5.74, 6) is 1.18. The zero-order valence-electron chi connectivity index (χ0n) is 17.7. The summed E-state index contributed by atoms with van der Waals surface area (Å²) < 4.78 is 11.0. The van der Waals surface area contributed by atoms with Gasteiger partial charge in [0, 0.05) is 29.8 Å². The molecular formula is C24H25N3O4. The van der Waals surface area contributed by atoms with Crippen LogP contribution in [0.1, 0.15) is 38.5 Å². The molecule has 2 amide bonds. The van der Waals surface area contributed by atoms with Gasteiger partial charge in [-0.15, -0.1) is 0 Å². The molecule has 31 heavy (non-hydrogen) atoms. The minimum Gasteiger partial charge on any atom is -0.491 e. The summed E-state index contributed by atoms with van der Waals surface area (Å²) in [5.41, 5.74) is 3.94. The Morgan fingerprint density at radius 1 is 1.13 bits per heavy atom. The lowest BCUT2D eigenvalue weighted by Crippen LogP contribution is -2.33. The van der Waals surface area contributed by atoms with Gasteiger partial charge < -0.3 is 19.5 Å². The van der Waals surface area contributed by atoms with Crippen molar-refractivity contribution in [3.8, 4) is 5.75 Å².